The van der Waals surface area contributed by atoms with Crippen molar-refractivity contribution < 1.29 is 4.79 Å². The smallest absolute Gasteiger partial charge is 0.272 e. The van der Waals surface area contributed by atoms with Gasteiger partial charge in [0.1, 0.15) is 11.5 Å². The highest BCUT2D eigenvalue weighted by Gasteiger charge is 2.20. The van der Waals surface area contributed by atoms with Gasteiger partial charge in [-0.05, 0) is 19.3 Å². The summed E-state index contributed by atoms with van der Waals surface area (Å²) in [5, 5.41) is 0. The third-order valence-corrected chi connectivity index (χ3v) is 4.59. The lowest BCUT2D eigenvalue weighted by Crippen LogP contribution is -2.29. The van der Waals surface area contributed by atoms with Gasteiger partial charge in [-0.2, -0.15) is 0 Å². The topological polar surface area (TPSA) is 49.3 Å². The molecule has 0 bridgehead atoms. The molecule has 5 nitrogen and oxygen atoms in total. The standard InChI is InChI=1S/C20H26N4O/c1-3-4-12-23(2)20(25)17-15-18(24-13-8-9-14-24)22-19(21-17)16-10-6-5-7-11-16/h5-7,10-11,15H,3-4,8-9,12-14H2,1-2H3. The maximum Gasteiger partial charge on any atom is 0.272 e. The minimum atomic E-state index is -0.0338. The third kappa shape index (κ3) is 4.16. The highest BCUT2D eigenvalue weighted by Crippen LogP contribution is 2.23. The Balaban J connectivity index is 1.96. The number of unbranched alkanes of at least 4 members (excludes halogenated alkanes) is 1. The Morgan fingerprint density at radius 3 is 2.56 bits per heavy atom. The average molecular weight is 338 g/mol. The normalized spacial score (nSPS) is 13.9. The van der Waals surface area contributed by atoms with E-state index in [9.17, 15) is 4.79 Å². The predicted molar refractivity (Wildman–Crippen MR) is 101 cm³/mol. The fourth-order valence-electron chi connectivity index (χ4n) is 3.06. The van der Waals surface area contributed by atoms with Gasteiger partial charge in [-0.25, -0.2) is 9.97 Å². The van der Waals surface area contributed by atoms with Gasteiger partial charge in [0.15, 0.2) is 5.82 Å². The molecule has 0 unspecified atom stereocenters. The molecule has 1 aliphatic heterocycles. The summed E-state index contributed by atoms with van der Waals surface area (Å²) in [6, 6.07) is 11.7. The average Bonchev–Trinajstić information content (AvgIpc) is 3.20. The fourth-order valence-corrected chi connectivity index (χ4v) is 3.06. The van der Waals surface area contributed by atoms with E-state index in [0.29, 0.717) is 11.5 Å². The van der Waals surface area contributed by atoms with Crippen LogP contribution in [0.1, 0.15) is 43.1 Å². The Labute approximate surface area is 149 Å². The van der Waals surface area contributed by atoms with Crippen LogP contribution < -0.4 is 4.90 Å². The number of carbonyl (C=O) groups is 1. The van der Waals surface area contributed by atoms with E-state index in [4.69, 9.17) is 4.98 Å². The van der Waals surface area contributed by atoms with E-state index in [1.165, 1.54) is 12.8 Å². The minimum absolute atomic E-state index is 0.0338. The minimum Gasteiger partial charge on any atom is -0.356 e. The van der Waals surface area contributed by atoms with Crippen molar-refractivity contribution in [3.05, 3.63) is 42.1 Å². The zero-order valence-electron chi connectivity index (χ0n) is 15.1. The van der Waals surface area contributed by atoms with Crippen molar-refractivity contribution in [3.63, 3.8) is 0 Å². The largest absolute Gasteiger partial charge is 0.356 e. The van der Waals surface area contributed by atoms with Gasteiger partial charge in [0, 0.05) is 38.3 Å². The molecule has 0 saturated carbocycles. The summed E-state index contributed by atoms with van der Waals surface area (Å²) in [5.41, 5.74) is 1.42. The second-order valence-corrected chi connectivity index (χ2v) is 6.58. The lowest BCUT2D eigenvalue weighted by molar-refractivity contribution is 0.0787. The van der Waals surface area contributed by atoms with E-state index >= 15 is 0 Å². The zero-order chi connectivity index (χ0) is 17.6. The van der Waals surface area contributed by atoms with E-state index in [1.807, 2.05) is 43.4 Å². The molecule has 0 spiro atoms. The van der Waals surface area contributed by atoms with Crippen LogP contribution in [0, 0.1) is 0 Å². The van der Waals surface area contributed by atoms with Crippen molar-refractivity contribution in [3.8, 4) is 11.4 Å². The van der Waals surface area contributed by atoms with E-state index in [1.54, 1.807) is 4.90 Å². The molecule has 1 aromatic heterocycles. The lowest BCUT2D eigenvalue weighted by Gasteiger charge is -2.20. The molecule has 0 aliphatic carbocycles. The summed E-state index contributed by atoms with van der Waals surface area (Å²) < 4.78 is 0. The molecule has 1 fully saturated rings. The molecule has 1 saturated heterocycles. The monoisotopic (exact) mass is 338 g/mol. The van der Waals surface area contributed by atoms with Gasteiger partial charge in [-0.15, -0.1) is 0 Å². The molecule has 5 heteroatoms. The van der Waals surface area contributed by atoms with Gasteiger partial charge in [0.2, 0.25) is 0 Å². The number of anilines is 1. The van der Waals surface area contributed by atoms with E-state index in [-0.39, 0.29) is 5.91 Å². The number of aromatic nitrogens is 2. The molecule has 1 aliphatic rings. The summed E-state index contributed by atoms with van der Waals surface area (Å²) in [6.07, 6.45) is 4.41. The summed E-state index contributed by atoms with van der Waals surface area (Å²) in [5.74, 6) is 1.45. The van der Waals surface area contributed by atoms with Gasteiger partial charge in [0.05, 0.1) is 0 Å². The number of nitrogens with zero attached hydrogens (tertiary/aromatic N) is 4. The molecule has 2 heterocycles. The first-order chi connectivity index (χ1) is 12.2. The zero-order valence-corrected chi connectivity index (χ0v) is 15.1. The van der Waals surface area contributed by atoms with E-state index in [2.05, 4.69) is 16.8 Å². The maximum atomic E-state index is 12.8. The van der Waals surface area contributed by atoms with Crippen molar-refractivity contribution in [2.45, 2.75) is 32.6 Å². The highest BCUT2D eigenvalue weighted by atomic mass is 16.2. The second-order valence-electron chi connectivity index (χ2n) is 6.58. The summed E-state index contributed by atoms with van der Waals surface area (Å²) in [7, 11) is 1.85. The van der Waals surface area contributed by atoms with Crippen LogP contribution >= 0.6 is 0 Å². The van der Waals surface area contributed by atoms with Gasteiger partial charge < -0.3 is 9.80 Å². The van der Waals surface area contributed by atoms with Crippen LogP contribution in [-0.4, -0.2) is 47.5 Å². The summed E-state index contributed by atoms with van der Waals surface area (Å²) in [6.45, 7) is 4.86. The van der Waals surface area contributed by atoms with Crippen molar-refractivity contribution >= 4 is 11.7 Å². The van der Waals surface area contributed by atoms with Crippen molar-refractivity contribution in [1.82, 2.24) is 14.9 Å². The molecule has 0 N–H and O–H groups in total. The molecule has 3 rings (SSSR count). The van der Waals surface area contributed by atoms with Crippen LogP contribution in [0.15, 0.2) is 36.4 Å². The van der Waals surface area contributed by atoms with E-state index < -0.39 is 0 Å². The molecule has 25 heavy (non-hydrogen) atoms. The number of carbonyl (C=O) groups excluding carboxylic acids is 1. The maximum absolute atomic E-state index is 12.8. The van der Waals surface area contributed by atoms with E-state index in [0.717, 1.165) is 43.9 Å². The van der Waals surface area contributed by atoms with Crippen LogP contribution in [0.4, 0.5) is 5.82 Å². The van der Waals surface area contributed by atoms with Crippen LogP contribution in [0.3, 0.4) is 0 Å². The quantitative estimate of drug-likeness (QED) is 0.807. The number of amides is 1. The second kappa shape index (κ2) is 8.10. The summed E-state index contributed by atoms with van der Waals surface area (Å²) in [4.78, 5) is 26.1. The van der Waals surface area contributed by atoms with Crippen LogP contribution in [0.5, 0.6) is 0 Å². The summed E-state index contributed by atoms with van der Waals surface area (Å²) >= 11 is 0. The first kappa shape index (κ1) is 17.4. The Kier molecular flexibility index (Phi) is 5.64. The Bertz CT molecular complexity index is 711. The van der Waals surface area contributed by atoms with Crippen LogP contribution in [0.25, 0.3) is 11.4 Å². The first-order valence-electron chi connectivity index (χ1n) is 9.14. The molecular formula is C20H26N4O. The Morgan fingerprint density at radius 1 is 1.16 bits per heavy atom. The van der Waals surface area contributed by atoms with Crippen molar-refractivity contribution in [1.29, 1.82) is 0 Å². The van der Waals surface area contributed by atoms with Crippen LogP contribution in [-0.2, 0) is 0 Å². The molecular weight excluding hydrogens is 312 g/mol. The Hall–Kier alpha value is -2.43. The number of hydrogen-bond donors (Lipinski definition) is 0. The molecule has 0 radical (unpaired) electrons. The molecule has 1 amide bonds. The van der Waals surface area contributed by atoms with Gasteiger partial charge >= 0.3 is 0 Å². The molecule has 132 valence electrons. The van der Waals surface area contributed by atoms with Crippen molar-refractivity contribution in [2.75, 3.05) is 31.6 Å². The molecule has 0 atom stereocenters. The number of benzene rings is 1. The first-order valence-corrected chi connectivity index (χ1v) is 9.14. The SMILES string of the molecule is CCCCN(C)C(=O)c1cc(N2CCCC2)nc(-c2ccccc2)n1. The lowest BCUT2D eigenvalue weighted by atomic mass is 10.2. The third-order valence-electron chi connectivity index (χ3n) is 4.59. The fraction of sp³-hybridized carbons (Fsp3) is 0.450. The molecule has 2 aromatic rings. The Morgan fingerprint density at radius 2 is 1.88 bits per heavy atom. The molecule has 1 aromatic carbocycles. The highest BCUT2D eigenvalue weighted by molar-refractivity contribution is 5.93. The van der Waals surface area contributed by atoms with Crippen LogP contribution in [0.2, 0.25) is 0 Å². The number of hydrogen-bond acceptors (Lipinski definition) is 4. The van der Waals surface area contributed by atoms with Gasteiger partial charge in [-0.1, -0.05) is 43.7 Å². The van der Waals surface area contributed by atoms with Gasteiger partial charge in [0.25, 0.3) is 5.91 Å². The number of rotatable bonds is 6. The predicted octanol–water partition coefficient (Wildman–Crippen LogP) is 3.62. The van der Waals surface area contributed by atoms with Gasteiger partial charge in [-0.3, -0.25) is 4.79 Å². The van der Waals surface area contributed by atoms with Crippen molar-refractivity contribution in [2.24, 2.45) is 0 Å².